The van der Waals surface area contributed by atoms with Crippen molar-refractivity contribution in [3.63, 3.8) is 0 Å². The number of nitrogens with zero attached hydrogens (tertiary/aromatic N) is 1. The van der Waals surface area contributed by atoms with Gasteiger partial charge in [0, 0.05) is 22.7 Å². The van der Waals surface area contributed by atoms with Gasteiger partial charge in [0.15, 0.2) is 5.75 Å². The SMILES string of the molecule is CCOCN(c1ccc(Cl)cc1Oc1ccc(Cl)cc1Cl)S(=O)(=O)C(F)(F)F. The third-order valence-corrected chi connectivity index (χ3v) is 5.53. The number of ether oxygens (including phenoxy) is 2. The van der Waals surface area contributed by atoms with Crippen LogP contribution in [0, 0.1) is 0 Å². The van der Waals surface area contributed by atoms with Gasteiger partial charge in [0.25, 0.3) is 0 Å². The van der Waals surface area contributed by atoms with Crippen LogP contribution in [0.3, 0.4) is 0 Å². The molecule has 0 fully saturated rings. The second-order valence-electron chi connectivity index (χ2n) is 5.21. The monoisotopic (exact) mass is 477 g/mol. The lowest BCUT2D eigenvalue weighted by Gasteiger charge is -2.26. The molecule has 0 radical (unpaired) electrons. The topological polar surface area (TPSA) is 55.8 Å². The van der Waals surface area contributed by atoms with Crippen LogP contribution in [0.4, 0.5) is 18.9 Å². The van der Waals surface area contributed by atoms with Crippen molar-refractivity contribution in [2.24, 2.45) is 0 Å². The quantitative estimate of drug-likeness (QED) is 0.452. The molecule has 12 heteroatoms. The maximum Gasteiger partial charge on any atom is 0.516 e. The molecule has 0 spiro atoms. The molecule has 0 aliphatic heterocycles. The summed E-state index contributed by atoms with van der Waals surface area (Å²) in [5.41, 5.74) is -5.99. The van der Waals surface area contributed by atoms with Crippen LogP contribution >= 0.6 is 34.8 Å². The highest BCUT2D eigenvalue weighted by Gasteiger charge is 2.51. The summed E-state index contributed by atoms with van der Waals surface area (Å²) in [5, 5.41) is 0.472. The van der Waals surface area contributed by atoms with Gasteiger partial charge in [0.05, 0.1) is 10.7 Å². The summed E-state index contributed by atoms with van der Waals surface area (Å²) < 4.78 is 74.1. The molecule has 0 bridgehead atoms. The maximum atomic E-state index is 13.2. The Balaban J connectivity index is 2.58. The molecule has 0 aromatic heterocycles. The molecule has 154 valence electrons. The van der Waals surface area contributed by atoms with Gasteiger partial charge in [-0.2, -0.15) is 21.6 Å². The van der Waals surface area contributed by atoms with Crippen LogP contribution in [0.1, 0.15) is 6.92 Å². The third kappa shape index (κ3) is 5.15. The van der Waals surface area contributed by atoms with Crippen LogP contribution in [0.2, 0.25) is 15.1 Å². The standard InChI is InChI=1S/C16H13Cl3F3NO4S/c1-2-26-9-23(28(24,25)16(20,21)22)13-5-3-11(18)8-15(13)27-14-6-4-10(17)7-12(14)19/h3-8H,2,9H2,1H3. The number of rotatable bonds is 7. The van der Waals surface area contributed by atoms with E-state index in [0.29, 0.717) is 5.02 Å². The molecule has 2 aromatic rings. The summed E-state index contributed by atoms with van der Waals surface area (Å²) in [4.78, 5) is 0. The average molecular weight is 479 g/mol. The van der Waals surface area contributed by atoms with Gasteiger partial charge < -0.3 is 9.47 Å². The summed E-state index contributed by atoms with van der Waals surface area (Å²) in [6.07, 6.45) is 0. The van der Waals surface area contributed by atoms with Crippen LogP contribution in [0.5, 0.6) is 11.5 Å². The molecule has 0 atom stereocenters. The van der Waals surface area contributed by atoms with E-state index in [-0.39, 0.29) is 32.5 Å². The lowest BCUT2D eigenvalue weighted by atomic mass is 10.3. The molecule has 0 heterocycles. The Bertz CT molecular complexity index is 955. The van der Waals surface area contributed by atoms with E-state index >= 15 is 0 Å². The zero-order valence-electron chi connectivity index (χ0n) is 14.1. The Hall–Kier alpha value is -1.39. The van der Waals surface area contributed by atoms with Gasteiger partial charge in [-0.05, 0) is 37.3 Å². The zero-order chi connectivity index (χ0) is 21.1. The van der Waals surface area contributed by atoms with E-state index < -0.39 is 27.9 Å². The second kappa shape index (κ2) is 8.96. The summed E-state index contributed by atoms with van der Waals surface area (Å²) in [6.45, 7) is 0.604. The van der Waals surface area contributed by atoms with E-state index in [2.05, 4.69) is 0 Å². The Kier molecular flexibility index (Phi) is 7.33. The van der Waals surface area contributed by atoms with Gasteiger partial charge >= 0.3 is 15.5 Å². The van der Waals surface area contributed by atoms with Crippen LogP contribution < -0.4 is 9.04 Å². The van der Waals surface area contributed by atoms with Gasteiger partial charge in [0.2, 0.25) is 0 Å². The average Bonchev–Trinajstić information content (AvgIpc) is 2.58. The molecule has 0 saturated carbocycles. The Morgan fingerprint density at radius 2 is 1.61 bits per heavy atom. The van der Waals surface area contributed by atoms with Gasteiger partial charge in [-0.15, -0.1) is 0 Å². The van der Waals surface area contributed by atoms with Crippen molar-refractivity contribution in [1.82, 2.24) is 0 Å². The van der Waals surface area contributed by atoms with Gasteiger partial charge in [-0.25, -0.2) is 4.31 Å². The molecule has 0 amide bonds. The van der Waals surface area contributed by atoms with E-state index in [1.54, 1.807) is 0 Å². The van der Waals surface area contributed by atoms with Crippen molar-refractivity contribution in [1.29, 1.82) is 0 Å². The first-order valence-corrected chi connectivity index (χ1v) is 10.1. The Morgan fingerprint density at radius 3 is 2.18 bits per heavy atom. The van der Waals surface area contributed by atoms with Crippen molar-refractivity contribution in [3.05, 3.63) is 51.5 Å². The maximum absolute atomic E-state index is 13.2. The van der Waals surface area contributed by atoms with Crippen LogP contribution in [0.25, 0.3) is 0 Å². The van der Waals surface area contributed by atoms with Gasteiger partial charge in [-0.3, -0.25) is 0 Å². The van der Waals surface area contributed by atoms with Crippen molar-refractivity contribution in [2.75, 3.05) is 17.6 Å². The minimum atomic E-state index is -5.78. The minimum Gasteiger partial charge on any atom is -0.454 e. The highest BCUT2D eigenvalue weighted by molar-refractivity contribution is 7.93. The van der Waals surface area contributed by atoms with Crippen LogP contribution in [-0.4, -0.2) is 27.3 Å². The first kappa shape index (κ1) is 22.9. The van der Waals surface area contributed by atoms with Crippen molar-refractivity contribution in [3.8, 4) is 11.5 Å². The first-order valence-electron chi connectivity index (χ1n) is 7.56. The molecule has 0 saturated heterocycles. The summed E-state index contributed by atoms with van der Waals surface area (Å²) in [7, 11) is -5.78. The fourth-order valence-corrected chi connectivity index (χ4v) is 3.50. The largest absolute Gasteiger partial charge is 0.516 e. The number of halogens is 6. The van der Waals surface area contributed by atoms with Crippen molar-refractivity contribution in [2.45, 2.75) is 12.4 Å². The fourth-order valence-electron chi connectivity index (χ4n) is 2.02. The molecule has 0 aliphatic carbocycles. The number of benzene rings is 2. The number of sulfonamides is 1. The number of hydrogen-bond acceptors (Lipinski definition) is 4. The highest BCUT2D eigenvalue weighted by Crippen LogP contribution is 2.41. The predicted octanol–water partition coefficient (Wildman–Crippen LogP) is 6.09. The lowest BCUT2D eigenvalue weighted by Crippen LogP contribution is -2.42. The molecule has 28 heavy (non-hydrogen) atoms. The predicted molar refractivity (Wildman–Crippen MR) is 102 cm³/mol. The summed E-state index contributed by atoms with van der Waals surface area (Å²) in [5.74, 6) is -0.236. The summed E-state index contributed by atoms with van der Waals surface area (Å²) in [6, 6.07) is 7.62. The third-order valence-electron chi connectivity index (χ3n) is 3.30. The van der Waals surface area contributed by atoms with Crippen molar-refractivity contribution < 1.29 is 31.1 Å². The minimum absolute atomic E-state index is 0.0172. The first-order chi connectivity index (χ1) is 13.0. The number of hydrogen-bond donors (Lipinski definition) is 0. The van der Waals surface area contributed by atoms with E-state index in [9.17, 15) is 21.6 Å². The van der Waals surface area contributed by atoms with Gasteiger partial charge in [-0.1, -0.05) is 34.8 Å². The fraction of sp³-hybridized carbons (Fsp3) is 0.250. The molecule has 5 nitrogen and oxygen atoms in total. The van der Waals surface area contributed by atoms with E-state index in [1.807, 2.05) is 0 Å². The lowest BCUT2D eigenvalue weighted by molar-refractivity contribution is -0.0445. The molecule has 2 rings (SSSR count). The van der Waals surface area contributed by atoms with Crippen molar-refractivity contribution >= 4 is 50.5 Å². The van der Waals surface area contributed by atoms with E-state index in [1.165, 1.54) is 31.2 Å². The molecular formula is C16H13Cl3F3NO4S. The molecular weight excluding hydrogens is 466 g/mol. The van der Waals surface area contributed by atoms with Crippen LogP contribution in [0.15, 0.2) is 36.4 Å². The second-order valence-corrected chi connectivity index (χ2v) is 8.34. The van der Waals surface area contributed by atoms with Crippen LogP contribution in [-0.2, 0) is 14.8 Å². The Morgan fingerprint density at radius 1 is 1.00 bits per heavy atom. The molecule has 0 unspecified atom stereocenters. The molecule has 2 aromatic carbocycles. The molecule has 0 aliphatic rings. The smallest absolute Gasteiger partial charge is 0.454 e. The Labute approximate surface area is 174 Å². The van der Waals surface area contributed by atoms with E-state index in [0.717, 1.165) is 12.1 Å². The van der Waals surface area contributed by atoms with E-state index in [4.69, 9.17) is 44.3 Å². The summed E-state index contributed by atoms with van der Waals surface area (Å²) >= 11 is 17.7. The number of anilines is 1. The highest BCUT2D eigenvalue weighted by atomic mass is 35.5. The zero-order valence-corrected chi connectivity index (χ0v) is 17.2. The normalized spacial score (nSPS) is 12.1. The number of alkyl halides is 3. The molecule has 0 N–H and O–H groups in total. The van der Waals surface area contributed by atoms with Gasteiger partial charge in [0.1, 0.15) is 12.5 Å².